The lowest BCUT2D eigenvalue weighted by Gasteiger charge is -1.97. The van der Waals surface area contributed by atoms with Crippen molar-refractivity contribution < 1.29 is 9.59 Å². The molecule has 0 spiro atoms. The van der Waals surface area contributed by atoms with Crippen molar-refractivity contribution in [2.24, 2.45) is 5.73 Å². The molecule has 0 radical (unpaired) electrons. The van der Waals surface area contributed by atoms with E-state index in [0.29, 0.717) is 0 Å². The fraction of sp³-hybridized carbons (Fsp3) is 0.0769. The molecule has 1 amide bonds. The van der Waals surface area contributed by atoms with Crippen molar-refractivity contribution in [1.29, 1.82) is 0 Å². The van der Waals surface area contributed by atoms with Gasteiger partial charge in [-0.1, -0.05) is 18.2 Å². The molecule has 2 rings (SSSR count). The average Bonchev–Trinajstić information content (AvgIpc) is 2.68. The largest absolute Gasteiger partial charge is 0.365 e. The maximum absolute atomic E-state index is 11.3. The van der Waals surface area contributed by atoms with E-state index < -0.39 is 5.91 Å². The molecule has 0 saturated heterocycles. The van der Waals surface area contributed by atoms with Crippen molar-refractivity contribution in [3.63, 3.8) is 0 Å². The van der Waals surface area contributed by atoms with E-state index in [9.17, 15) is 9.59 Å². The second-order valence-corrected chi connectivity index (χ2v) is 3.77. The monoisotopic (exact) mass is 228 g/mol. The molecule has 1 heterocycles. The number of amides is 1. The molecule has 0 unspecified atom stereocenters. The molecule has 0 aliphatic heterocycles. The van der Waals surface area contributed by atoms with E-state index in [1.807, 2.05) is 24.3 Å². The zero-order chi connectivity index (χ0) is 12.4. The summed E-state index contributed by atoms with van der Waals surface area (Å²) in [6.07, 6.45) is 3.26. The number of nitrogens with one attached hydrogen (secondary N) is 1. The molecular weight excluding hydrogens is 216 g/mol. The van der Waals surface area contributed by atoms with E-state index in [1.54, 1.807) is 6.20 Å². The first kappa shape index (κ1) is 11.1. The Morgan fingerprint density at radius 2 is 2.00 bits per heavy atom. The van der Waals surface area contributed by atoms with E-state index in [-0.39, 0.29) is 11.4 Å². The van der Waals surface area contributed by atoms with Crippen LogP contribution in [0, 0.1) is 0 Å². The normalized spacial score (nSPS) is 11.7. The van der Waals surface area contributed by atoms with Crippen LogP contribution in [0.1, 0.15) is 12.5 Å². The zero-order valence-corrected chi connectivity index (χ0v) is 9.36. The van der Waals surface area contributed by atoms with Gasteiger partial charge in [0.1, 0.15) is 0 Å². The van der Waals surface area contributed by atoms with E-state index >= 15 is 0 Å². The number of rotatable bonds is 3. The predicted octanol–water partition coefficient (Wildman–Crippen LogP) is 1.63. The number of benzene rings is 1. The van der Waals surface area contributed by atoms with Crippen molar-refractivity contribution in [2.45, 2.75) is 6.92 Å². The topological polar surface area (TPSA) is 75.9 Å². The lowest BCUT2D eigenvalue weighted by atomic mass is 10.1. The quantitative estimate of drug-likeness (QED) is 0.476. The summed E-state index contributed by atoms with van der Waals surface area (Å²) in [6, 6.07) is 7.64. The van der Waals surface area contributed by atoms with Crippen LogP contribution >= 0.6 is 0 Å². The number of hydrogen-bond acceptors (Lipinski definition) is 2. The van der Waals surface area contributed by atoms with Crippen molar-refractivity contribution in [3.05, 3.63) is 41.6 Å². The highest BCUT2D eigenvalue weighted by Gasteiger charge is 2.11. The van der Waals surface area contributed by atoms with Crippen LogP contribution in [0.4, 0.5) is 0 Å². The highest BCUT2D eigenvalue weighted by Crippen LogP contribution is 2.20. The highest BCUT2D eigenvalue weighted by atomic mass is 16.2. The summed E-state index contributed by atoms with van der Waals surface area (Å²) < 4.78 is 0. The Balaban J connectivity index is 2.57. The molecule has 0 atom stereocenters. The number of fused-ring (bicyclic) bond motifs is 1. The molecule has 0 aliphatic rings. The molecule has 3 N–H and O–H groups in total. The minimum Gasteiger partial charge on any atom is -0.365 e. The van der Waals surface area contributed by atoms with Crippen molar-refractivity contribution in [1.82, 2.24) is 4.98 Å². The minimum atomic E-state index is -0.706. The Morgan fingerprint density at radius 3 is 2.65 bits per heavy atom. The van der Waals surface area contributed by atoms with Gasteiger partial charge in [0.15, 0.2) is 5.78 Å². The summed E-state index contributed by atoms with van der Waals surface area (Å²) in [7, 11) is 0. The van der Waals surface area contributed by atoms with E-state index in [4.69, 9.17) is 5.73 Å². The Labute approximate surface area is 98.1 Å². The fourth-order valence-electron chi connectivity index (χ4n) is 1.72. The molecule has 1 aromatic carbocycles. The minimum absolute atomic E-state index is 0.00903. The molecule has 0 aliphatic carbocycles. The van der Waals surface area contributed by atoms with Gasteiger partial charge in [-0.15, -0.1) is 0 Å². The van der Waals surface area contributed by atoms with Gasteiger partial charge in [-0.2, -0.15) is 0 Å². The maximum atomic E-state index is 11.3. The molecule has 86 valence electrons. The van der Waals surface area contributed by atoms with E-state index in [1.165, 1.54) is 13.0 Å². The van der Waals surface area contributed by atoms with E-state index in [0.717, 1.165) is 16.5 Å². The average molecular weight is 228 g/mol. The van der Waals surface area contributed by atoms with Crippen LogP contribution in [0.25, 0.3) is 17.0 Å². The third kappa shape index (κ3) is 2.10. The lowest BCUT2D eigenvalue weighted by Crippen LogP contribution is -2.18. The maximum Gasteiger partial charge on any atom is 0.252 e. The van der Waals surface area contributed by atoms with Crippen molar-refractivity contribution in [3.8, 4) is 0 Å². The first-order valence-electron chi connectivity index (χ1n) is 5.18. The number of nitrogens with two attached hydrogens (primary N) is 1. The molecule has 0 saturated carbocycles. The first-order chi connectivity index (χ1) is 8.09. The number of primary amides is 1. The van der Waals surface area contributed by atoms with E-state index in [2.05, 4.69) is 4.98 Å². The van der Waals surface area contributed by atoms with Gasteiger partial charge < -0.3 is 10.7 Å². The van der Waals surface area contributed by atoms with Crippen LogP contribution in [0.3, 0.4) is 0 Å². The second kappa shape index (κ2) is 4.25. The Kier molecular flexibility index (Phi) is 2.78. The predicted molar refractivity (Wildman–Crippen MR) is 66.2 cm³/mol. The third-order valence-corrected chi connectivity index (χ3v) is 2.57. The second-order valence-electron chi connectivity index (χ2n) is 3.77. The number of aromatic nitrogens is 1. The molecule has 0 bridgehead atoms. The van der Waals surface area contributed by atoms with Crippen LogP contribution in [-0.2, 0) is 9.59 Å². The van der Waals surface area contributed by atoms with Gasteiger partial charge in [-0.05, 0) is 19.1 Å². The van der Waals surface area contributed by atoms with Gasteiger partial charge in [0, 0.05) is 22.7 Å². The van der Waals surface area contributed by atoms with Gasteiger partial charge in [-0.3, -0.25) is 9.59 Å². The molecule has 4 nitrogen and oxygen atoms in total. The standard InChI is InChI=1S/C13H12N2O2/c1-8(16)11(13(14)17)6-9-7-15-12-5-3-2-4-10(9)12/h2-7,15H,1H3,(H2,14,17)/b11-6+. The summed E-state index contributed by atoms with van der Waals surface area (Å²) >= 11 is 0. The highest BCUT2D eigenvalue weighted by molar-refractivity contribution is 6.21. The van der Waals surface area contributed by atoms with Gasteiger partial charge >= 0.3 is 0 Å². The van der Waals surface area contributed by atoms with Crippen molar-refractivity contribution in [2.75, 3.05) is 0 Å². The summed E-state index contributed by atoms with van der Waals surface area (Å²) in [4.78, 5) is 25.5. The van der Waals surface area contributed by atoms with Gasteiger partial charge in [0.05, 0.1) is 5.57 Å². The van der Waals surface area contributed by atoms with Crippen LogP contribution in [-0.4, -0.2) is 16.7 Å². The van der Waals surface area contributed by atoms with Crippen LogP contribution < -0.4 is 5.73 Å². The van der Waals surface area contributed by atoms with Gasteiger partial charge in [0.2, 0.25) is 0 Å². The number of ketones is 1. The number of aromatic amines is 1. The molecular formula is C13H12N2O2. The summed E-state index contributed by atoms with van der Waals surface area (Å²) in [6.45, 7) is 1.32. The number of Topliss-reactive ketones (excluding diaryl/α,β-unsaturated/α-hetero) is 1. The van der Waals surface area contributed by atoms with Gasteiger partial charge in [-0.25, -0.2) is 0 Å². The third-order valence-electron chi connectivity index (χ3n) is 2.57. The number of carbonyl (C=O) groups excluding carboxylic acids is 2. The number of carbonyl (C=O) groups is 2. The number of hydrogen-bond donors (Lipinski definition) is 2. The molecule has 2 aromatic rings. The SMILES string of the molecule is CC(=O)/C(=C\c1c[nH]c2ccccc12)C(N)=O. The number of para-hydroxylation sites is 1. The Hall–Kier alpha value is -2.36. The van der Waals surface area contributed by atoms with Gasteiger partial charge in [0.25, 0.3) is 5.91 Å². The fourth-order valence-corrected chi connectivity index (χ4v) is 1.72. The first-order valence-corrected chi connectivity index (χ1v) is 5.18. The van der Waals surface area contributed by atoms with Crippen LogP contribution in [0.15, 0.2) is 36.0 Å². The van der Waals surface area contributed by atoms with Crippen molar-refractivity contribution >= 4 is 28.7 Å². The smallest absolute Gasteiger partial charge is 0.252 e. The lowest BCUT2D eigenvalue weighted by molar-refractivity contribution is -0.119. The molecule has 4 heteroatoms. The summed E-state index contributed by atoms with van der Waals surface area (Å²) in [5, 5.41) is 0.951. The Morgan fingerprint density at radius 1 is 1.29 bits per heavy atom. The zero-order valence-electron chi connectivity index (χ0n) is 9.36. The van der Waals surface area contributed by atoms with Crippen LogP contribution in [0.5, 0.6) is 0 Å². The Bertz CT molecular complexity index is 607. The summed E-state index contributed by atoms with van der Waals surface area (Å²) in [5.41, 5.74) is 6.90. The van der Waals surface area contributed by atoms with Crippen LogP contribution in [0.2, 0.25) is 0 Å². The number of H-pyrrole nitrogens is 1. The summed E-state index contributed by atoms with van der Waals surface area (Å²) in [5.74, 6) is -1.04. The molecule has 1 aromatic heterocycles. The molecule has 0 fully saturated rings. The molecule has 17 heavy (non-hydrogen) atoms.